The van der Waals surface area contributed by atoms with Gasteiger partial charge in [0.2, 0.25) is 11.8 Å². The standard InChI is InChI=1S/C17H14F2N2O3/c18-11-3-1-2-4-13(11)21-16(24)17(7-8-17)15(23)20-10-5-6-14(22)12(19)9-10/h1-6,9,22H,7-8H2,(H,20,23)(H,21,24). The van der Waals surface area contributed by atoms with E-state index in [9.17, 15) is 18.4 Å². The number of benzene rings is 2. The maximum Gasteiger partial charge on any atom is 0.240 e. The van der Waals surface area contributed by atoms with Crippen molar-refractivity contribution in [1.82, 2.24) is 0 Å². The molecular weight excluding hydrogens is 318 g/mol. The molecule has 2 aromatic rings. The van der Waals surface area contributed by atoms with Gasteiger partial charge in [0.25, 0.3) is 0 Å². The Balaban J connectivity index is 1.73. The summed E-state index contributed by atoms with van der Waals surface area (Å²) in [5, 5.41) is 14.0. The van der Waals surface area contributed by atoms with Gasteiger partial charge in [0.05, 0.1) is 5.69 Å². The lowest BCUT2D eigenvalue weighted by Gasteiger charge is -2.16. The molecule has 3 N–H and O–H groups in total. The van der Waals surface area contributed by atoms with Crippen LogP contribution >= 0.6 is 0 Å². The van der Waals surface area contributed by atoms with E-state index in [1.54, 1.807) is 6.07 Å². The van der Waals surface area contributed by atoms with Crippen LogP contribution in [-0.4, -0.2) is 16.9 Å². The molecule has 0 saturated heterocycles. The van der Waals surface area contributed by atoms with Crippen molar-refractivity contribution in [3.05, 3.63) is 54.1 Å². The summed E-state index contributed by atoms with van der Waals surface area (Å²) in [5.74, 6) is -3.21. The molecular formula is C17H14F2N2O3. The lowest BCUT2D eigenvalue weighted by molar-refractivity contribution is -0.131. The number of anilines is 2. The van der Waals surface area contributed by atoms with Crippen LogP contribution in [-0.2, 0) is 9.59 Å². The molecule has 0 aliphatic heterocycles. The third-order valence-corrected chi connectivity index (χ3v) is 3.95. The van der Waals surface area contributed by atoms with Crippen molar-refractivity contribution in [2.24, 2.45) is 5.41 Å². The first-order valence-corrected chi connectivity index (χ1v) is 7.28. The fourth-order valence-corrected chi connectivity index (χ4v) is 2.32. The molecule has 0 radical (unpaired) electrons. The number of carbonyl (C=O) groups is 2. The number of halogens is 2. The Labute approximate surface area is 136 Å². The van der Waals surface area contributed by atoms with E-state index in [0.717, 1.165) is 12.1 Å². The Hall–Kier alpha value is -2.96. The first-order valence-electron chi connectivity index (χ1n) is 7.28. The van der Waals surface area contributed by atoms with Crippen LogP contribution in [0.2, 0.25) is 0 Å². The van der Waals surface area contributed by atoms with Gasteiger partial charge in [-0.1, -0.05) is 12.1 Å². The number of aromatic hydroxyl groups is 1. The van der Waals surface area contributed by atoms with Gasteiger partial charge in [0.15, 0.2) is 11.6 Å². The zero-order chi connectivity index (χ0) is 17.3. The van der Waals surface area contributed by atoms with Crippen LogP contribution in [0.25, 0.3) is 0 Å². The van der Waals surface area contributed by atoms with E-state index in [1.807, 2.05) is 0 Å². The Bertz CT molecular complexity index is 819. The molecule has 1 saturated carbocycles. The van der Waals surface area contributed by atoms with E-state index in [0.29, 0.717) is 12.8 Å². The molecule has 124 valence electrons. The molecule has 2 amide bonds. The summed E-state index contributed by atoms with van der Waals surface area (Å²) < 4.78 is 26.9. The van der Waals surface area contributed by atoms with Crippen LogP contribution in [0.4, 0.5) is 20.2 Å². The lowest BCUT2D eigenvalue weighted by atomic mass is 10.0. The molecule has 5 nitrogen and oxygen atoms in total. The van der Waals surface area contributed by atoms with Gasteiger partial charge in [-0.25, -0.2) is 8.78 Å². The molecule has 0 spiro atoms. The predicted octanol–water partition coefficient (Wildman–Crippen LogP) is 3.03. The van der Waals surface area contributed by atoms with Crippen LogP contribution in [0.3, 0.4) is 0 Å². The van der Waals surface area contributed by atoms with Gasteiger partial charge in [-0.2, -0.15) is 0 Å². The van der Waals surface area contributed by atoms with Gasteiger partial charge in [-0.05, 0) is 37.1 Å². The predicted molar refractivity (Wildman–Crippen MR) is 83.4 cm³/mol. The van der Waals surface area contributed by atoms with Gasteiger partial charge in [-0.3, -0.25) is 9.59 Å². The zero-order valence-electron chi connectivity index (χ0n) is 12.5. The van der Waals surface area contributed by atoms with E-state index < -0.39 is 34.6 Å². The minimum atomic E-state index is -1.29. The van der Waals surface area contributed by atoms with Crippen molar-refractivity contribution in [3.63, 3.8) is 0 Å². The molecule has 0 atom stereocenters. The fraction of sp³-hybridized carbons (Fsp3) is 0.176. The van der Waals surface area contributed by atoms with Crippen LogP contribution in [0.1, 0.15) is 12.8 Å². The first-order chi connectivity index (χ1) is 11.4. The van der Waals surface area contributed by atoms with Crippen molar-refractivity contribution in [2.45, 2.75) is 12.8 Å². The summed E-state index contributed by atoms with van der Waals surface area (Å²) in [7, 11) is 0. The number of amides is 2. The normalized spacial score (nSPS) is 14.8. The molecule has 1 fully saturated rings. The minimum Gasteiger partial charge on any atom is -0.505 e. The van der Waals surface area contributed by atoms with E-state index in [2.05, 4.69) is 10.6 Å². The third kappa shape index (κ3) is 2.92. The SMILES string of the molecule is O=C(Nc1ccc(O)c(F)c1)C1(C(=O)Nc2ccccc2F)CC1. The van der Waals surface area contributed by atoms with Crippen LogP contribution in [0.15, 0.2) is 42.5 Å². The van der Waals surface area contributed by atoms with Gasteiger partial charge in [-0.15, -0.1) is 0 Å². The zero-order valence-corrected chi connectivity index (χ0v) is 12.5. The topological polar surface area (TPSA) is 78.4 Å². The summed E-state index contributed by atoms with van der Waals surface area (Å²) in [6.45, 7) is 0. The number of phenols is 1. The number of hydrogen-bond donors (Lipinski definition) is 3. The number of hydrogen-bond acceptors (Lipinski definition) is 3. The van der Waals surface area contributed by atoms with Gasteiger partial charge >= 0.3 is 0 Å². The second kappa shape index (κ2) is 5.92. The van der Waals surface area contributed by atoms with E-state index in [-0.39, 0.29) is 11.4 Å². The Kier molecular flexibility index (Phi) is 3.92. The van der Waals surface area contributed by atoms with Gasteiger partial charge in [0.1, 0.15) is 11.2 Å². The molecule has 2 aromatic carbocycles. The van der Waals surface area contributed by atoms with Crippen LogP contribution < -0.4 is 10.6 Å². The molecule has 24 heavy (non-hydrogen) atoms. The highest BCUT2D eigenvalue weighted by Crippen LogP contribution is 2.47. The monoisotopic (exact) mass is 332 g/mol. The highest BCUT2D eigenvalue weighted by molar-refractivity contribution is 6.16. The second-order valence-corrected chi connectivity index (χ2v) is 5.64. The Morgan fingerprint density at radius 3 is 2.25 bits per heavy atom. The van der Waals surface area contributed by atoms with Crippen LogP contribution in [0, 0.1) is 17.0 Å². The summed E-state index contributed by atoms with van der Waals surface area (Å²) >= 11 is 0. The van der Waals surface area contributed by atoms with Gasteiger partial charge < -0.3 is 15.7 Å². The van der Waals surface area contributed by atoms with Crippen LogP contribution in [0.5, 0.6) is 5.75 Å². The smallest absolute Gasteiger partial charge is 0.240 e. The van der Waals surface area contributed by atoms with Crippen molar-refractivity contribution < 1.29 is 23.5 Å². The maximum atomic E-state index is 13.6. The molecule has 1 aliphatic carbocycles. The number of carbonyl (C=O) groups excluding carboxylic acids is 2. The first kappa shape index (κ1) is 15.9. The molecule has 1 aliphatic rings. The number of phenolic OH excluding ortho intramolecular Hbond substituents is 1. The average Bonchev–Trinajstić information content (AvgIpc) is 3.35. The maximum absolute atomic E-state index is 13.6. The average molecular weight is 332 g/mol. The minimum absolute atomic E-state index is 0.00254. The summed E-state index contributed by atoms with van der Waals surface area (Å²) in [6.07, 6.45) is 0.638. The fourth-order valence-electron chi connectivity index (χ4n) is 2.32. The number of para-hydroxylation sites is 1. The van der Waals surface area contributed by atoms with E-state index >= 15 is 0 Å². The van der Waals surface area contributed by atoms with E-state index in [4.69, 9.17) is 5.11 Å². The highest BCUT2D eigenvalue weighted by Gasteiger charge is 2.56. The van der Waals surface area contributed by atoms with Crippen molar-refractivity contribution >= 4 is 23.2 Å². The molecule has 3 rings (SSSR count). The molecule has 0 bridgehead atoms. The van der Waals surface area contributed by atoms with Crippen molar-refractivity contribution in [3.8, 4) is 5.75 Å². The second-order valence-electron chi connectivity index (χ2n) is 5.64. The number of rotatable bonds is 4. The lowest BCUT2D eigenvalue weighted by Crippen LogP contribution is -2.35. The Morgan fingerprint density at radius 2 is 1.62 bits per heavy atom. The highest BCUT2D eigenvalue weighted by atomic mass is 19.1. The van der Waals surface area contributed by atoms with Crippen molar-refractivity contribution in [1.29, 1.82) is 0 Å². The molecule has 0 aromatic heterocycles. The van der Waals surface area contributed by atoms with Gasteiger partial charge in [0, 0.05) is 11.8 Å². The Morgan fingerprint density at radius 1 is 0.958 bits per heavy atom. The quantitative estimate of drug-likeness (QED) is 0.595. The van der Waals surface area contributed by atoms with Crippen molar-refractivity contribution in [2.75, 3.05) is 10.6 Å². The summed E-state index contributed by atoms with van der Waals surface area (Å²) in [4.78, 5) is 24.7. The summed E-state index contributed by atoms with van der Waals surface area (Å²) in [5.41, 5.74) is -1.17. The largest absolute Gasteiger partial charge is 0.505 e. The molecule has 7 heteroatoms. The third-order valence-electron chi connectivity index (χ3n) is 3.95. The molecule has 0 unspecified atom stereocenters. The summed E-state index contributed by atoms with van der Waals surface area (Å²) in [6, 6.07) is 9.04. The van der Waals surface area contributed by atoms with E-state index in [1.165, 1.54) is 24.3 Å². The number of nitrogens with one attached hydrogen (secondary N) is 2. The molecule has 0 heterocycles.